The zero-order valence-corrected chi connectivity index (χ0v) is 11.0. The largest absolute Gasteiger partial charge is 0.394 e. The summed E-state index contributed by atoms with van der Waals surface area (Å²) in [6.45, 7) is 2.86. The summed E-state index contributed by atoms with van der Waals surface area (Å²) in [5.41, 5.74) is 7.64. The molecular weight excluding hydrogens is 230 g/mol. The average Bonchev–Trinajstić information content (AvgIpc) is 2.60. The molecule has 6 nitrogen and oxygen atoms in total. The van der Waals surface area contributed by atoms with Gasteiger partial charge in [0.1, 0.15) is 11.9 Å². The first-order chi connectivity index (χ1) is 8.63. The topological polar surface area (TPSA) is 85.0 Å². The predicted molar refractivity (Wildman–Crippen MR) is 71.3 cm³/mol. The Balaban J connectivity index is 2.15. The van der Waals surface area contributed by atoms with Crippen molar-refractivity contribution in [2.24, 2.45) is 7.05 Å². The highest BCUT2D eigenvalue weighted by molar-refractivity contribution is 5.86. The van der Waals surface area contributed by atoms with E-state index in [0.717, 1.165) is 43.7 Å². The van der Waals surface area contributed by atoms with Gasteiger partial charge in [-0.1, -0.05) is 13.3 Å². The van der Waals surface area contributed by atoms with E-state index in [1.54, 1.807) is 4.68 Å². The molecule has 0 aromatic carbocycles. The summed E-state index contributed by atoms with van der Waals surface area (Å²) in [6.07, 6.45) is 3.69. The summed E-state index contributed by atoms with van der Waals surface area (Å²) >= 11 is 0. The fraction of sp³-hybridized carbons (Fsp3) is 0.667. The number of rotatable bonds is 4. The number of nitrogens with one attached hydrogen (secondary N) is 2. The van der Waals surface area contributed by atoms with Gasteiger partial charge in [-0.05, 0) is 19.3 Å². The van der Waals surface area contributed by atoms with E-state index in [0.29, 0.717) is 5.69 Å². The number of piperidine rings is 1. The number of hydrogen-bond donors (Lipinski definition) is 3. The summed E-state index contributed by atoms with van der Waals surface area (Å²) in [4.78, 5) is 11.7. The number of carbonyl (C=O) groups is 1. The third-order valence-corrected chi connectivity index (χ3v) is 3.24. The van der Waals surface area contributed by atoms with E-state index in [2.05, 4.69) is 22.7 Å². The molecule has 0 radical (unpaired) electrons. The van der Waals surface area contributed by atoms with E-state index in [-0.39, 0.29) is 11.9 Å². The van der Waals surface area contributed by atoms with Crippen molar-refractivity contribution in [3.8, 4) is 0 Å². The van der Waals surface area contributed by atoms with Crippen molar-refractivity contribution < 1.29 is 4.79 Å². The van der Waals surface area contributed by atoms with Crippen LogP contribution >= 0.6 is 0 Å². The van der Waals surface area contributed by atoms with Crippen LogP contribution in [-0.2, 0) is 18.3 Å². The summed E-state index contributed by atoms with van der Waals surface area (Å²) in [5, 5.41) is 10.4. The standard InChI is InChI=1S/C12H21N5O/c1-3-5-8-10(13)11(17(2)16-8)15-9-6-4-7-14-12(9)18/h9,15H,3-7,13H2,1-2H3,(H,14,18). The lowest BCUT2D eigenvalue weighted by molar-refractivity contribution is -0.123. The highest BCUT2D eigenvalue weighted by Gasteiger charge is 2.24. The van der Waals surface area contributed by atoms with Crippen molar-refractivity contribution in [2.45, 2.75) is 38.6 Å². The van der Waals surface area contributed by atoms with Gasteiger partial charge in [0.15, 0.2) is 0 Å². The molecule has 1 unspecified atom stereocenters. The Hall–Kier alpha value is -1.72. The van der Waals surface area contributed by atoms with E-state index < -0.39 is 0 Å². The van der Waals surface area contributed by atoms with Crippen molar-refractivity contribution in [3.05, 3.63) is 5.69 Å². The van der Waals surface area contributed by atoms with Gasteiger partial charge in [-0.2, -0.15) is 5.10 Å². The third-order valence-electron chi connectivity index (χ3n) is 3.24. The fourth-order valence-corrected chi connectivity index (χ4v) is 2.26. The predicted octanol–water partition coefficient (Wildman–Crippen LogP) is 0.645. The summed E-state index contributed by atoms with van der Waals surface area (Å²) in [7, 11) is 1.85. The van der Waals surface area contributed by atoms with Crippen molar-refractivity contribution in [3.63, 3.8) is 0 Å². The van der Waals surface area contributed by atoms with Gasteiger partial charge in [-0.15, -0.1) is 0 Å². The van der Waals surface area contributed by atoms with Gasteiger partial charge in [0.05, 0.1) is 11.4 Å². The lowest BCUT2D eigenvalue weighted by Gasteiger charge is -2.23. The van der Waals surface area contributed by atoms with Gasteiger partial charge in [-0.3, -0.25) is 9.48 Å². The average molecular weight is 251 g/mol. The third kappa shape index (κ3) is 2.42. The number of carbonyl (C=O) groups excluding carboxylic acids is 1. The van der Waals surface area contributed by atoms with Crippen LogP contribution in [0.5, 0.6) is 0 Å². The lowest BCUT2D eigenvalue weighted by atomic mass is 10.1. The quantitative estimate of drug-likeness (QED) is 0.733. The molecule has 0 aliphatic carbocycles. The van der Waals surface area contributed by atoms with Crippen LogP contribution in [-0.4, -0.2) is 28.3 Å². The number of nitrogen functional groups attached to an aromatic ring is 1. The number of nitrogens with two attached hydrogens (primary N) is 1. The molecule has 18 heavy (non-hydrogen) atoms. The van der Waals surface area contributed by atoms with E-state index in [1.807, 2.05) is 7.05 Å². The van der Waals surface area contributed by atoms with Crippen molar-refractivity contribution in [2.75, 3.05) is 17.6 Å². The zero-order valence-electron chi connectivity index (χ0n) is 11.0. The van der Waals surface area contributed by atoms with Crippen LogP contribution < -0.4 is 16.4 Å². The highest BCUT2D eigenvalue weighted by atomic mass is 16.2. The molecule has 1 aliphatic rings. The molecular formula is C12H21N5O. The summed E-state index contributed by atoms with van der Waals surface area (Å²) < 4.78 is 1.72. The molecule has 1 amide bonds. The molecule has 2 rings (SSSR count). The van der Waals surface area contributed by atoms with Crippen molar-refractivity contribution >= 4 is 17.4 Å². The minimum Gasteiger partial charge on any atom is -0.394 e. The van der Waals surface area contributed by atoms with E-state index >= 15 is 0 Å². The molecule has 1 aromatic heterocycles. The Morgan fingerprint density at radius 3 is 3.06 bits per heavy atom. The van der Waals surface area contributed by atoms with Crippen LogP contribution in [0.1, 0.15) is 31.9 Å². The Bertz CT molecular complexity index is 440. The minimum absolute atomic E-state index is 0.0406. The van der Waals surface area contributed by atoms with Gasteiger partial charge in [0.2, 0.25) is 5.91 Å². The number of nitrogens with zero attached hydrogens (tertiary/aromatic N) is 2. The Morgan fingerprint density at radius 1 is 1.61 bits per heavy atom. The first kappa shape index (κ1) is 12.7. The maximum atomic E-state index is 11.7. The fourth-order valence-electron chi connectivity index (χ4n) is 2.26. The van der Waals surface area contributed by atoms with Crippen molar-refractivity contribution in [1.29, 1.82) is 0 Å². The van der Waals surface area contributed by atoms with E-state index in [4.69, 9.17) is 5.73 Å². The smallest absolute Gasteiger partial charge is 0.242 e. The molecule has 1 atom stereocenters. The molecule has 0 bridgehead atoms. The molecule has 6 heteroatoms. The van der Waals surface area contributed by atoms with E-state index in [9.17, 15) is 4.79 Å². The SMILES string of the molecule is CCCc1nn(C)c(NC2CCCNC2=O)c1N. The highest BCUT2D eigenvalue weighted by Crippen LogP contribution is 2.24. The Labute approximate surface area is 107 Å². The number of aromatic nitrogens is 2. The maximum Gasteiger partial charge on any atom is 0.242 e. The van der Waals surface area contributed by atoms with Gasteiger partial charge < -0.3 is 16.4 Å². The normalized spacial score (nSPS) is 19.7. The second-order valence-corrected chi connectivity index (χ2v) is 4.71. The number of aryl methyl sites for hydroxylation is 2. The zero-order chi connectivity index (χ0) is 13.1. The van der Waals surface area contributed by atoms with Crippen LogP contribution in [0.25, 0.3) is 0 Å². The summed E-state index contributed by atoms with van der Waals surface area (Å²) in [5.74, 6) is 0.791. The Morgan fingerprint density at radius 2 is 2.39 bits per heavy atom. The molecule has 4 N–H and O–H groups in total. The second-order valence-electron chi connectivity index (χ2n) is 4.71. The van der Waals surface area contributed by atoms with Gasteiger partial charge in [-0.25, -0.2) is 0 Å². The van der Waals surface area contributed by atoms with Crippen LogP contribution in [0.4, 0.5) is 11.5 Å². The van der Waals surface area contributed by atoms with Gasteiger partial charge >= 0.3 is 0 Å². The number of hydrogen-bond acceptors (Lipinski definition) is 4. The van der Waals surface area contributed by atoms with Crippen LogP contribution in [0, 0.1) is 0 Å². The second kappa shape index (κ2) is 5.29. The Kier molecular flexibility index (Phi) is 3.74. The van der Waals surface area contributed by atoms with E-state index in [1.165, 1.54) is 0 Å². The summed E-state index contributed by atoms with van der Waals surface area (Å²) in [6, 6.07) is -0.203. The maximum absolute atomic E-state index is 11.7. The van der Waals surface area contributed by atoms with Crippen LogP contribution in [0.15, 0.2) is 0 Å². The first-order valence-corrected chi connectivity index (χ1v) is 6.49. The molecule has 100 valence electrons. The number of amides is 1. The lowest BCUT2D eigenvalue weighted by Crippen LogP contribution is -2.44. The minimum atomic E-state index is -0.203. The molecule has 2 heterocycles. The molecule has 1 saturated heterocycles. The van der Waals surface area contributed by atoms with Crippen molar-refractivity contribution in [1.82, 2.24) is 15.1 Å². The first-order valence-electron chi connectivity index (χ1n) is 6.49. The van der Waals surface area contributed by atoms with Crippen LogP contribution in [0.3, 0.4) is 0 Å². The number of anilines is 2. The van der Waals surface area contributed by atoms with Crippen LogP contribution in [0.2, 0.25) is 0 Å². The molecule has 0 spiro atoms. The van der Waals surface area contributed by atoms with Gasteiger partial charge in [0.25, 0.3) is 0 Å². The molecule has 1 fully saturated rings. The molecule has 1 aromatic rings. The molecule has 0 saturated carbocycles. The monoisotopic (exact) mass is 251 g/mol. The van der Waals surface area contributed by atoms with Gasteiger partial charge in [0, 0.05) is 13.6 Å². The molecule has 1 aliphatic heterocycles.